The number of fused-ring (bicyclic) bond motifs is 1. The number of hydrogen-bond donors (Lipinski definition) is 2. The maximum absolute atomic E-state index is 13.4. The first kappa shape index (κ1) is 17.0. The van der Waals surface area contributed by atoms with Gasteiger partial charge in [0.25, 0.3) is 0 Å². The number of hydrogen-bond acceptors (Lipinski definition) is 5. The third-order valence-electron chi connectivity index (χ3n) is 4.50. The molecule has 1 fully saturated rings. The highest BCUT2D eigenvalue weighted by molar-refractivity contribution is 7.99. The van der Waals surface area contributed by atoms with Crippen molar-refractivity contribution in [3.63, 3.8) is 0 Å². The molecule has 1 aliphatic heterocycles. The number of aromatic amines is 2. The lowest BCUT2D eigenvalue weighted by Crippen LogP contribution is -2.40. The second-order valence-electron chi connectivity index (χ2n) is 6.37. The Labute approximate surface area is 153 Å². The molecule has 4 rings (SSSR count). The van der Waals surface area contributed by atoms with Crippen molar-refractivity contribution in [3.8, 4) is 0 Å². The fourth-order valence-corrected chi connectivity index (χ4v) is 4.00. The number of thioether (sulfide) groups is 1. The molecule has 1 aliphatic rings. The highest BCUT2D eigenvalue weighted by atomic mass is 32.2. The van der Waals surface area contributed by atoms with Crippen molar-refractivity contribution in [1.29, 1.82) is 0 Å². The smallest absolute Gasteiger partial charge is 0.233 e. The van der Waals surface area contributed by atoms with E-state index in [1.165, 1.54) is 23.9 Å². The van der Waals surface area contributed by atoms with E-state index in [1.807, 2.05) is 11.8 Å². The van der Waals surface area contributed by atoms with Crippen molar-refractivity contribution < 1.29 is 9.18 Å². The van der Waals surface area contributed by atoms with Crippen LogP contribution in [0.15, 0.2) is 23.4 Å². The summed E-state index contributed by atoms with van der Waals surface area (Å²) in [5.41, 5.74) is 1.37. The molecule has 26 heavy (non-hydrogen) atoms. The Kier molecular flexibility index (Phi) is 4.62. The molecule has 136 valence electrons. The first-order chi connectivity index (χ1) is 12.6. The van der Waals surface area contributed by atoms with Gasteiger partial charge in [0.1, 0.15) is 17.5 Å². The Morgan fingerprint density at radius 1 is 1.38 bits per heavy atom. The number of rotatable bonds is 4. The van der Waals surface area contributed by atoms with E-state index in [1.54, 1.807) is 6.07 Å². The van der Waals surface area contributed by atoms with Gasteiger partial charge in [-0.05, 0) is 44.4 Å². The summed E-state index contributed by atoms with van der Waals surface area (Å²) in [5.74, 6) is 1.46. The monoisotopic (exact) mass is 374 g/mol. The van der Waals surface area contributed by atoms with E-state index in [0.29, 0.717) is 22.7 Å². The predicted molar refractivity (Wildman–Crippen MR) is 96.2 cm³/mol. The Morgan fingerprint density at radius 2 is 2.27 bits per heavy atom. The Bertz CT molecular complexity index is 938. The van der Waals surface area contributed by atoms with Gasteiger partial charge in [0, 0.05) is 6.54 Å². The van der Waals surface area contributed by atoms with Gasteiger partial charge in [-0.3, -0.25) is 9.89 Å². The first-order valence-corrected chi connectivity index (χ1v) is 9.55. The van der Waals surface area contributed by atoms with Crippen LogP contribution in [0.1, 0.15) is 37.0 Å². The maximum Gasteiger partial charge on any atom is 0.233 e. The molecule has 2 N–H and O–H groups in total. The standard InChI is InChI=1S/C17H19FN6OS/c1-10-19-17(23-22-10)26-9-15(25)24-7-3-2-4-14(24)16-20-12-6-5-11(18)8-13(12)21-16/h5-6,8,14H,2-4,7,9H2,1H3,(H,20,21)(H,19,22,23)/t14-/m1/s1. The van der Waals surface area contributed by atoms with Crippen LogP contribution in [0.4, 0.5) is 4.39 Å². The number of imidazole rings is 1. The molecule has 0 aliphatic carbocycles. The number of H-pyrrole nitrogens is 2. The van der Waals surface area contributed by atoms with E-state index in [4.69, 9.17) is 0 Å². The highest BCUT2D eigenvalue weighted by Gasteiger charge is 2.30. The van der Waals surface area contributed by atoms with Crippen LogP contribution in [-0.2, 0) is 4.79 Å². The van der Waals surface area contributed by atoms with Crippen molar-refractivity contribution in [2.24, 2.45) is 0 Å². The molecule has 1 aromatic carbocycles. The minimum absolute atomic E-state index is 0.0359. The minimum atomic E-state index is -0.303. The second-order valence-corrected chi connectivity index (χ2v) is 7.32. The lowest BCUT2D eigenvalue weighted by molar-refractivity contribution is -0.132. The van der Waals surface area contributed by atoms with Crippen molar-refractivity contribution in [3.05, 3.63) is 35.7 Å². The number of aryl methyl sites for hydroxylation is 1. The SMILES string of the molecule is Cc1nc(SCC(=O)N2CCCC[C@@H]2c2nc3ccc(F)cc3[nH]2)n[nH]1. The van der Waals surface area contributed by atoms with Gasteiger partial charge in [0.15, 0.2) is 0 Å². The summed E-state index contributed by atoms with van der Waals surface area (Å²) in [5, 5.41) is 7.40. The summed E-state index contributed by atoms with van der Waals surface area (Å²) < 4.78 is 13.4. The molecule has 9 heteroatoms. The van der Waals surface area contributed by atoms with E-state index >= 15 is 0 Å². The molecule has 0 saturated carbocycles. The lowest BCUT2D eigenvalue weighted by Gasteiger charge is -2.34. The van der Waals surface area contributed by atoms with Gasteiger partial charge in [-0.25, -0.2) is 14.4 Å². The van der Waals surface area contributed by atoms with E-state index in [-0.39, 0.29) is 23.5 Å². The van der Waals surface area contributed by atoms with Gasteiger partial charge in [-0.1, -0.05) is 11.8 Å². The molecule has 1 saturated heterocycles. The molecule has 0 unspecified atom stereocenters. The van der Waals surface area contributed by atoms with Crippen LogP contribution >= 0.6 is 11.8 Å². The zero-order chi connectivity index (χ0) is 18.1. The Morgan fingerprint density at radius 3 is 3.08 bits per heavy atom. The van der Waals surface area contributed by atoms with Crippen LogP contribution in [-0.4, -0.2) is 48.3 Å². The van der Waals surface area contributed by atoms with Crippen LogP contribution in [0.3, 0.4) is 0 Å². The van der Waals surface area contributed by atoms with Gasteiger partial charge in [-0.15, -0.1) is 5.10 Å². The number of halogens is 1. The largest absolute Gasteiger partial charge is 0.340 e. The molecular formula is C17H19FN6OS. The summed E-state index contributed by atoms with van der Waals surface area (Å²) >= 11 is 1.32. The second kappa shape index (κ2) is 7.06. The number of nitrogens with one attached hydrogen (secondary N) is 2. The van der Waals surface area contributed by atoms with Gasteiger partial charge in [-0.2, -0.15) is 0 Å². The fraction of sp³-hybridized carbons (Fsp3) is 0.412. The summed E-state index contributed by atoms with van der Waals surface area (Å²) in [6, 6.07) is 4.37. The number of piperidine rings is 1. The maximum atomic E-state index is 13.4. The third kappa shape index (κ3) is 3.44. The fourth-order valence-electron chi connectivity index (χ4n) is 3.27. The number of likely N-dealkylation sites (tertiary alicyclic amines) is 1. The van der Waals surface area contributed by atoms with Crippen LogP contribution in [0.25, 0.3) is 11.0 Å². The first-order valence-electron chi connectivity index (χ1n) is 8.56. The van der Waals surface area contributed by atoms with Crippen LogP contribution in [0, 0.1) is 12.7 Å². The Balaban J connectivity index is 1.52. The quantitative estimate of drug-likeness (QED) is 0.685. The van der Waals surface area contributed by atoms with Crippen molar-refractivity contribution in [2.45, 2.75) is 37.4 Å². The lowest BCUT2D eigenvalue weighted by atomic mass is 10.0. The zero-order valence-electron chi connectivity index (χ0n) is 14.3. The van der Waals surface area contributed by atoms with Gasteiger partial charge in [0.05, 0.1) is 22.8 Å². The molecule has 1 atom stereocenters. The topological polar surface area (TPSA) is 90.6 Å². The minimum Gasteiger partial charge on any atom is -0.340 e. The summed E-state index contributed by atoms with van der Waals surface area (Å²) in [7, 11) is 0. The van der Waals surface area contributed by atoms with E-state index < -0.39 is 0 Å². The van der Waals surface area contributed by atoms with Gasteiger partial charge >= 0.3 is 0 Å². The van der Waals surface area contributed by atoms with Crippen molar-refractivity contribution in [2.75, 3.05) is 12.3 Å². The zero-order valence-corrected chi connectivity index (χ0v) is 15.1. The average Bonchev–Trinajstić information content (AvgIpc) is 3.25. The number of benzene rings is 1. The Hall–Kier alpha value is -2.42. The summed E-state index contributed by atoms with van der Waals surface area (Å²) in [4.78, 5) is 26.6. The van der Waals surface area contributed by atoms with Crippen LogP contribution < -0.4 is 0 Å². The van der Waals surface area contributed by atoms with E-state index in [2.05, 4.69) is 25.1 Å². The van der Waals surface area contributed by atoms with Crippen LogP contribution in [0.5, 0.6) is 0 Å². The molecule has 3 heterocycles. The number of carbonyl (C=O) groups excluding carboxylic acids is 1. The molecule has 3 aromatic rings. The molecule has 7 nitrogen and oxygen atoms in total. The van der Waals surface area contributed by atoms with E-state index in [9.17, 15) is 9.18 Å². The van der Waals surface area contributed by atoms with Gasteiger partial charge < -0.3 is 9.88 Å². The molecule has 0 radical (unpaired) electrons. The van der Waals surface area contributed by atoms with Crippen molar-refractivity contribution in [1.82, 2.24) is 30.0 Å². The van der Waals surface area contributed by atoms with Crippen LogP contribution in [0.2, 0.25) is 0 Å². The molecular weight excluding hydrogens is 355 g/mol. The predicted octanol–water partition coefficient (Wildman–Crippen LogP) is 2.97. The van der Waals surface area contributed by atoms with E-state index in [0.717, 1.165) is 30.9 Å². The number of carbonyl (C=O) groups is 1. The normalized spacial score (nSPS) is 17.8. The molecule has 0 bridgehead atoms. The van der Waals surface area contributed by atoms with Gasteiger partial charge in [0.2, 0.25) is 11.1 Å². The molecule has 2 aromatic heterocycles. The summed E-state index contributed by atoms with van der Waals surface area (Å²) in [6.45, 7) is 2.52. The third-order valence-corrected chi connectivity index (χ3v) is 5.33. The number of aromatic nitrogens is 5. The van der Waals surface area contributed by atoms with Crippen molar-refractivity contribution >= 4 is 28.7 Å². The number of amides is 1. The summed E-state index contributed by atoms with van der Waals surface area (Å²) in [6.07, 6.45) is 2.85. The molecule has 0 spiro atoms. The number of nitrogens with zero attached hydrogens (tertiary/aromatic N) is 4. The molecule has 1 amide bonds. The highest BCUT2D eigenvalue weighted by Crippen LogP contribution is 2.31. The average molecular weight is 374 g/mol.